The van der Waals surface area contributed by atoms with Crippen molar-refractivity contribution in [1.82, 2.24) is 10.2 Å². The minimum atomic E-state index is -0.713. The van der Waals surface area contributed by atoms with Gasteiger partial charge >= 0.3 is 0 Å². The molecular weight excluding hydrogens is 384 g/mol. The van der Waals surface area contributed by atoms with Gasteiger partial charge in [0.15, 0.2) is 0 Å². The quantitative estimate of drug-likeness (QED) is 0.455. The van der Waals surface area contributed by atoms with Crippen LogP contribution in [0.1, 0.15) is 70.0 Å². The van der Waals surface area contributed by atoms with Crippen molar-refractivity contribution in [2.75, 3.05) is 19.6 Å². The normalized spacial score (nSPS) is 16.2. The lowest BCUT2D eigenvalue weighted by Gasteiger charge is -2.29. The second-order valence-corrected chi connectivity index (χ2v) is 8.78. The Morgan fingerprint density at radius 3 is 2.26 bits per heavy atom. The summed E-state index contributed by atoms with van der Waals surface area (Å²) in [5.41, 5.74) is 3.14. The van der Waals surface area contributed by atoms with Crippen LogP contribution < -0.4 is 5.32 Å². The highest BCUT2D eigenvalue weighted by Crippen LogP contribution is 2.24. The van der Waals surface area contributed by atoms with Gasteiger partial charge in [-0.15, -0.1) is 0 Å². The third-order valence-electron chi connectivity index (χ3n) is 6.25. The summed E-state index contributed by atoms with van der Waals surface area (Å²) in [5, 5.41) is 14.3. The molecule has 0 aliphatic carbocycles. The van der Waals surface area contributed by atoms with Gasteiger partial charge in [-0.2, -0.15) is 0 Å². The van der Waals surface area contributed by atoms with Gasteiger partial charge in [0, 0.05) is 13.0 Å². The van der Waals surface area contributed by atoms with Crippen LogP contribution in [0.3, 0.4) is 0 Å². The van der Waals surface area contributed by atoms with Gasteiger partial charge in [-0.05, 0) is 49.0 Å². The van der Waals surface area contributed by atoms with Gasteiger partial charge in [0.1, 0.15) is 6.10 Å². The molecule has 31 heavy (non-hydrogen) atoms. The van der Waals surface area contributed by atoms with Crippen molar-refractivity contribution in [3.63, 3.8) is 0 Å². The molecule has 0 radical (unpaired) electrons. The van der Waals surface area contributed by atoms with E-state index in [9.17, 15) is 9.90 Å². The van der Waals surface area contributed by atoms with Gasteiger partial charge in [-0.3, -0.25) is 4.79 Å². The maximum Gasteiger partial charge on any atom is 0.220 e. The van der Waals surface area contributed by atoms with Gasteiger partial charge in [0.2, 0.25) is 5.91 Å². The number of unbranched alkanes of at least 4 members (excludes halogenated alkanes) is 4. The third-order valence-corrected chi connectivity index (χ3v) is 6.25. The molecular formula is C27H38N2O2. The second kappa shape index (κ2) is 12.6. The number of rotatable bonds is 12. The number of carbonyl (C=O) groups is 1. The predicted molar refractivity (Wildman–Crippen MR) is 128 cm³/mol. The number of hydrogen-bond acceptors (Lipinski definition) is 3. The van der Waals surface area contributed by atoms with E-state index >= 15 is 0 Å². The summed E-state index contributed by atoms with van der Waals surface area (Å²) >= 11 is 0. The van der Waals surface area contributed by atoms with E-state index in [0.29, 0.717) is 13.0 Å². The first kappa shape index (κ1) is 23.5. The smallest absolute Gasteiger partial charge is 0.220 e. The first-order valence-corrected chi connectivity index (χ1v) is 12.0. The van der Waals surface area contributed by atoms with E-state index < -0.39 is 6.10 Å². The van der Waals surface area contributed by atoms with Crippen LogP contribution in [0.2, 0.25) is 0 Å². The molecule has 2 atom stereocenters. The minimum Gasteiger partial charge on any atom is -0.386 e. The third kappa shape index (κ3) is 7.48. The van der Waals surface area contributed by atoms with E-state index in [2.05, 4.69) is 41.4 Å². The molecule has 0 unspecified atom stereocenters. The maximum atomic E-state index is 12.6. The van der Waals surface area contributed by atoms with Crippen molar-refractivity contribution < 1.29 is 9.90 Å². The SMILES string of the molecule is CCCCCCCC(=O)N[C@H](CN1CCCC1)[C@H](O)c1ccc(-c2ccccc2)cc1. The van der Waals surface area contributed by atoms with E-state index in [4.69, 9.17) is 0 Å². The van der Waals surface area contributed by atoms with Crippen LogP contribution >= 0.6 is 0 Å². The largest absolute Gasteiger partial charge is 0.386 e. The monoisotopic (exact) mass is 422 g/mol. The molecule has 1 heterocycles. The lowest BCUT2D eigenvalue weighted by atomic mass is 9.98. The van der Waals surface area contributed by atoms with E-state index in [1.807, 2.05) is 30.3 Å². The molecule has 0 bridgehead atoms. The van der Waals surface area contributed by atoms with Crippen LogP contribution in [-0.4, -0.2) is 41.6 Å². The average molecular weight is 423 g/mol. The average Bonchev–Trinajstić information content (AvgIpc) is 3.32. The molecule has 2 aromatic rings. The summed E-state index contributed by atoms with van der Waals surface area (Å²) in [6.45, 7) is 4.98. The molecule has 0 saturated carbocycles. The van der Waals surface area contributed by atoms with Gasteiger partial charge in [0.05, 0.1) is 6.04 Å². The van der Waals surface area contributed by atoms with Gasteiger partial charge in [-0.1, -0.05) is 87.2 Å². The van der Waals surface area contributed by atoms with Crippen LogP contribution in [0.25, 0.3) is 11.1 Å². The summed E-state index contributed by atoms with van der Waals surface area (Å²) in [5.74, 6) is 0.0562. The Kier molecular flexibility index (Phi) is 9.57. The zero-order valence-electron chi connectivity index (χ0n) is 18.9. The Balaban J connectivity index is 1.62. The van der Waals surface area contributed by atoms with Gasteiger partial charge in [-0.25, -0.2) is 0 Å². The Morgan fingerprint density at radius 2 is 1.58 bits per heavy atom. The second-order valence-electron chi connectivity index (χ2n) is 8.78. The molecule has 1 fully saturated rings. The summed E-state index contributed by atoms with van der Waals surface area (Å²) in [6, 6.07) is 18.0. The Labute approximate surface area is 187 Å². The number of likely N-dealkylation sites (tertiary alicyclic amines) is 1. The lowest BCUT2D eigenvalue weighted by Crippen LogP contribution is -2.46. The lowest BCUT2D eigenvalue weighted by molar-refractivity contribution is -0.123. The van der Waals surface area contributed by atoms with Crippen LogP contribution in [0.4, 0.5) is 0 Å². The van der Waals surface area contributed by atoms with Crippen LogP contribution in [0.5, 0.6) is 0 Å². The van der Waals surface area contributed by atoms with E-state index in [-0.39, 0.29) is 11.9 Å². The number of amides is 1. The zero-order chi connectivity index (χ0) is 21.9. The molecule has 0 aromatic heterocycles. The molecule has 4 nitrogen and oxygen atoms in total. The van der Waals surface area contributed by atoms with Gasteiger partial charge < -0.3 is 15.3 Å². The fourth-order valence-corrected chi connectivity index (χ4v) is 4.37. The minimum absolute atomic E-state index is 0.0562. The van der Waals surface area contributed by atoms with E-state index in [1.54, 1.807) is 0 Å². The number of nitrogens with one attached hydrogen (secondary N) is 1. The van der Waals surface area contributed by atoms with E-state index in [1.165, 1.54) is 32.1 Å². The Morgan fingerprint density at radius 1 is 0.935 bits per heavy atom. The fourth-order valence-electron chi connectivity index (χ4n) is 4.37. The predicted octanol–water partition coefficient (Wildman–Crippen LogP) is 5.33. The molecule has 1 aliphatic rings. The van der Waals surface area contributed by atoms with Crippen molar-refractivity contribution >= 4 is 5.91 Å². The summed E-state index contributed by atoms with van der Waals surface area (Å²) < 4.78 is 0. The number of aliphatic hydroxyl groups excluding tert-OH is 1. The summed E-state index contributed by atoms with van der Waals surface area (Å²) in [4.78, 5) is 14.9. The van der Waals surface area contributed by atoms with Crippen LogP contribution in [-0.2, 0) is 4.79 Å². The van der Waals surface area contributed by atoms with Gasteiger partial charge in [0.25, 0.3) is 0 Å². The molecule has 2 N–H and O–H groups in total. The highest BCUT2D eigenvalue weighted by atomic mass is 16.3. The number of aliphatic hydroxyl groups is 1. The zero-order valence-corrected chi connectivity index (χ0v) is 18.9. The van der Waals surface area contributed by atoms with Crippen LogP contribution in [0, 0.1) is 0 Å². The highest BCUT2D eigenvalue weighted by Gasteiger charge is 2.26. The summed E-state index contributed by atoms with van der Waals surface area (Å²) in [7, 11) is 0. The van der Waals surface area contributed by atoms with E-state index in [0.717, 1.165) is 42.6 Å². The highest BCUT2D eigenvalue weighted by molar-refractivity contribution is 5.76. The molecule has 0 spiro atoms. The molecule has 1 amide bonds. The van der Waals surface area contributed by atoms with Crippen molar-refractivity contribution in [3.8, 4) is 11.1 Å². The summed E-state index contributed by atoms with van der Waals surface area (Å²) in [6.07, 6.45) is 7.87. The van der Waals surface area contributed by atoms with Crippen molar-refractivity contribution in [1.29, 1.82) is 0 Å². The first-order valence-electron chi connectivity index (χ1n) is 12.0. The number of nitrogens with zero attached hydrogens (tertiary/aromatic N) is 1. The molecule has 1 aliphatic heterocycles. The topological polar surface area (TPSA) is 52.6 Å². The molecule has 168 valence electrons. The van der Waals surface area contributed by atoms with Crippen molar-refractivity contribution in [2.24, 2.45) is 0 Å². The number of benzene rings is 2. The molecule has 4 heteroatoms. The first-order chi connectivity index (χ1) is 15.2. The molecule has 2 aromatic carbocycles. The van der Waals surface area contributed by atoms with Crippen LogP contribution in [0.15, 0.2) is 54.6 Å². The van der Waals surface area contributed by atoms with Crippen molar-refractivity contribution in [2.45, 2.75) is 70.4 Å². The number of carbonyl (C=O) groups excluding carboxylic acids is 1. The number of hydrogen-bond donors (Lipinski definition) is 2. The Hall–Kier alpha value is -2.17. The molecule has 1 saturated heterocycles. The Bertz CT molecular complexity index is 770. The fraction of sp³-hybridized carbons (Fsp3) is 0.519. The van der Waals surface area contributed by atoms with Crippen molar-refractivity contribution in [3.05, 3.63) is 60.2 Å². The molecule has 3 rings (SSSR count). The standard InChI is InChI=1S/C27H38N2O2/c1-2-3-4-5-9-14-26(30)28-25(21-29-19-10-11-20-29)27(31)24-17-15-23(16-18-24)22-12-7-6-8-13-22/h6-8,12-13,15-18,25,27,31H,2-5,9-11,14,19-21H2,1H3,(H,28,30)/t25-,27-/m1/s1. The maximum absolute atomic E-state index is 12.6.